The summed E-state index contributed by atoms with van der Waals surface area (Å²) in [4.78, 5) is 0. The fourth-order valence-corrected chi connectivity index (χ4v) is 1.60. The first-order chi connectivity index (χ1) is 7.66. The fraction of sp³-hybridized carbons (Fsp3) is 0. The largest absolute Gasteiger partial charge is 0.456 e. The molecule has 2 N–H and O–H groups in total. The van der Waals surface area contributed by atoms with E-state index in [9.17, 15) is 0 Å². The number of anilines is 1. The molecule has 4 heteroatoms. The molecule has 82 valence electrons. The molecule has 0 radical (unpaired) electrons. The smallest absolute Gasteiger partial charge is 0.147 e. The number of rotatable bonds is 2. The Morgan fingerprint density at radius 2 is 1.75 bits per heavy atom. The number of hydrogen-bond acceptors (Lipinski definition) is 2. The van der Waals surface area contributed by atoms with E-state index in [0.29, 0.717) is 27.2 Å². The van der Waals surface area contributed by atoms with E-state index < -0.39 is 0 Å². The van der Waals surface area contributed by atoms with Crippen molar-refractivity contribution in [2.24, 2.45) is 0 Å². The van der Waals surface area contributed by atoms with Gasteiger partial charge in [0.2, 0.25) is 0 Å². The Kier molecular flexibility index (Phi) is 3.22. The summed E-state index contributed by atoms with van der Waals surface area (Å²) in [6.45, 7) is 0. The van der Waals surface area contributed by atoms with Crippen molar-refractivity contribution in [3.8, 4) is 11.5 Å². The normalized spacial score (nSPS) is 10.1. The van der Waals surface area contributed by atoms with Crippen LogP contribution in [0.5, 0.6) is 11.5 Å². The van der Waals surface area contributed by atoms with Gasteiger partial charge in [0.1, 0.15) is 16.5 Å². The summed E-state index contributed by atoms with van der Waals surface area (Å²) >= 11 is 11.9. The van der Waals surface area contributed by atoms with Crippen LogP contribution in [0, 0.1) is 0 Å². The van der Waals surface area contributed by atoms with Gasteiger partial charge in [0.15, 0.2) is 0 Å². The maximum atomic E-state index is 5.99. The van der Waals surface area contributed by atoms with Crippen molar-refractivity contribution in [1.82, 2.24) is 0 Å². The van der Waals surface area contributed by atoms with Crippen LogP contribution < -0.4 is 10.5 Å². The lowest BCUT2D eigenvalue weighted by atomic mass is 10.3. The van der Waals surface area contributed by atoms with E-state index in [-0.39, 0.29) is 0 Å². The van der Waals surface area contributed by atoms with Gasteiger partial charge in [-0.1, -0.05) is 35.3 Å². The molecule has 0 aliphatic heterocycles. The molecule has 0 heterocycles. The van der Waals surface area contributed by atoms with Gasteiger partial charge in [-0.3, -0.25) is 0 Å². The van der Waals surface area contributed by atoms with Crippen molar-refractivity contribution in [2.45, 2.75) is 0 Å². The van der Waals surface area contributed by atoms with Crippen LogP contribution in [0.2, 0.25) is 10.0 Å². The first-order valence-corrected chi connectivity index (χ1v) is 5.40. The summed E-state index contributed by atoms with van der Waals surface area (Å²) in [7, 11) is 0. The van der Waals surface area contributed by atoms with E-state index in [1.54, 1.807) is 36.4 Å². The van der Waals surface area contributed by atoms with Crippen LogP contribution in [0.15, 0.2) is 42.5 Å². The minimum atomic E-state index is 0.395. The van der Waals surface area contributed by atoms with E-state index in [1.165, 1.54) is 0 Å². The third-order valence-corrected chi connectivity index (χ3v) is 2.80. The summed E-state index contributed by atoms with van der Waals surface area (Å²) in [5, 5.41) is 0.856. The second-order valence-electron chi connectivity index (χ2n) is 3.23. The van der Waals surface area contributed by atoms with Crippen LogP contribution in [0.25, 0.3) is 0 Å². The zero-order valence-corrected chi connectivity index (χ0v) is 9.79. The molecular formula is C12H9Cl2NO. The minimum absolute atomic E-state index is 0.395. The SMILES string of the molecule is Nc1cccc(Oc2cccc(Cl)c2Cl)c1. The maximum absolute atomic E-state index is 5.99. The molecule has 0 aromatic heterocycles. The highest BCUT2D eigenvalue weighted by Gasteiger charge is 2.06. The number of benzene rings is 2. The number of halogens is 2. The lowest BCUT2D eigenvalue weighted by Gasteiger charge is -2.08. The van der Waals surface area contributed by atoms with Gasteiger partial charge in [-0.2, -0.15) is 0 Å². The molecule has 0 aliphatic carbocycles. The second kappa shape index (κ2) is 4.64. The topological polar surface area (TPSA) is 35.2 Å². The molecule has 0 saturated heterocycles. The van der Waals surface area contributed by atoms with Crippen LogP contribution in [0.3, 0.4) is 0 Å². The Balaban J connectivity index is 2.31. The standard InChI is InChI=1S/C12H9Cl2NO/c13-10-5-2-6-11(12(10)14)16-9-4-1-3-8(15)7-9/h1-7H,15H2. The molecule has 16 heavy (non-hydrogen) atoms. The predicted molar refractivity (Wildman–Crippen MR) is 67.4 cm³/mol. The van der Waals surface area contributed by atoms with Gasteiger partial charge in [0.25, 0.3) is 0 Å². The van der Waals surface area contributed by atoms with Crippen LogP contribution in [0.1, 0.15) is 0 Å². The first kappa shape index (κ1) is 11.1. The van der Waals surface area contributed by atoms with Crippen LogP contribution in [0.4, 0.5) is 5.69 Å². The van der Waals surface area contributed by atoms with Crippen molar-refractivity contribution >= 4 is 28.9 Å². The fourth-order valence-electron chi connectivity index (χ4n) is 1.27. The van der Waals surface area contributed by atoms with E-state index in [4.69, 9.17) is 33.7 Å². The molecule has 2 rings (SSSR count). The molecular weight excluding hydrogens is 245 g/mol. The molecule has 0 aliphatic rings. The van der Waals surface area contributed by atoms with Gasteiger partial charge in [0, 0.05) is 11.8 Å². The second-order valence-corrected chi connectivity index (χ2v) is 4.01. The highest BCUT2D eigenvalue weighted by atomic mass is 35.5. The highest BCUT2D eigenvalue weighted by Crippen LogP contribution is 2.34. The monoisotopic (exact) mass is 253 g/mol. The molecule has 0 saturated carbocycles. The number of nitrogens with two attached hydrogens (primary N) is 1. The summed E-state index contributed by atoms with van der Waals surface area (Å²) in [6.07, 6.45) is 0. The molecule has 0 bridgehead atoms. The van der Waals surface area contributed by atoms with Crippen molar-refractivity contribution in [3.63, 3.8) is 0 Å². The van der Waals surface area contributed by atoms with Gasteiger partial charge in [0.05, 0.1) is 5.02 Å². The summed E-state index contributed by atoms with van der Waals surface area (Å²) in [5.74, 6) is 1.14. The minimum Gasteiger partial charge on any atom is -0.456 e. The first-order valence-electron chi connectivity index (χ1n) is 4.64. The van der Waals surface area contributed by atoms with Crippen molar-refractivity contribution in [1.29, 1.82) is 0 Å². The lowest BCUT2D eigenvalue weighted by molar-refractivity contribution is 0.483. The molecule has 2 nitrogen and oxygen atoms in total. The van der Waals surface area contributed by atoms with Crippen molar-refractivity contribution in [2.75, 3.05) is 5.73 Å². The number of hydrogen-bond donors (Lipinski definition) is 1. The van der Waals surface area contributed by atoms with Crippen molar-refractivity contribution < 1.29 is 4.74 Å². The van der Waals surface area contributed by atoms with Gasteiger partial charge in [-0.05, 0) is 24.3 Å². The zero-order chi connectivity index (χ0) is 11.5. The maximum Gasteiger partial charge on any atom is 0.147 e. The average molecular weight is 254 g/mol. The molecule has 0 spiro atoms. The highest BCUT2D eigenvalue weighted by molar-refractivity contribution is 6.42. The van der Waals surface area contributed by atoms with E-state index in [1.807, 2.05) is 6.07 Å². The van der Waals surface area contributed by atoms with Gasteiger partial charge < -0.3 is 10.5 Å². The molecule has 2 aromatic rings. The Labute approximate surface area is 104 Å². The van der Waals surface area contributed by atoms with E-state index >= 15 is 0 Å². The van der Waals surface area contributed by atoms with Crippen LogP contribution in [-0.4, -0.2) is 0 Å². The zero-order valence-electron chi connectivity index (χ0n) is 8.28. The van der Waals surface area contributed by atoms with Gasteiger partial charge >= 0.3 is 0 Å². The lowest BCUT2D eigenvalue weighted by Crippen LogP contribution is -1.88. The van der Waals surface area contributed by atoms with Gasteiger partial charge in [-0.25, -0.2) is 0 Å². The van der Waals surface area contributed by atoms with Gasteiger partial charge in [-0.15, -0.1) is 0 Å². The summed E-state index contributed by atoms with van der Waals surface area (Å²) in [6, 6.07) is 12.3. The Morgan fingerprint density at radius 1 is 1.00 bits per heavy atom. The predicted octanol–water partition coefficient (Wildman–Crippen LogP) is 4.37. The van der Waals surface area contributed by atoms with Crippen molar-refractivity contribution in [3.05, 3.63) is 52.5 Å². The van der Waals surface area contributed by atoms with E-state index in [0.717, 1.165) is 0 Å². The third kappa shape index (κ3) is 2.40. The molecule has 0 amide bonds. The average Bonchev–Trinajstić information content (AvgIpc) is 2.25. The van der Waals surface area contributed by atoms with Crippen LogP contribution in [-0.2, 0) is 0 Å². The Morgan fingerprint density at radius 3 is 2.50 bits per heavy atom. The number of nitrogen functional groups attached to an aromatic ring is 1. The molecule has 0 unspecified atom stereocenters. The molecule has 2 aromatic carbocycles. The quantitative estimate of drug-likeness (QED) is 0.807. The number of ether oxygens (including phenoxy) is 1. The molecule has 0 fully saturated rings. The summed E-state index contributed by atoms with van der Waals surface area (Å²) < 4.78 is 5.57. The molecule has 0 atom stereocenters. The Hall–Kier alpha value is -1.38. The van der Waals surface area contributed by atoms with E-state index in [2.05, 4.69) is 0 Å². The Bertz CT molecular complexity index is 514. The van der Waals surface area contributed by atoms with Crippen LogP contribution >= 0.6 is 23.2 Å². The third-order valence-electron chi connectivity index (χ3n) is 2.00. The summed E-state index contributed by atoms with van der Waals surface area (Å²) in [5.41, 5.74) is 6.28.